The van der Waals surface area contributed by atoms with Crippen molar-refractivity contribution in [2.45, 2.75) is 43.4 Å². The SMILES string of the molecule is CC(=O)N(c1nn(C)c2c(-n3c(C(Cc4cc(F)cc(F)c4)OC(N)=O)nc4nc(OCC(F)(F)C(F)(F)C(F)(F)C(F)(F)F)ccc4c3=O)ccc(Cl)c12)S(C)(=O)=O. The third kappa shape index (κ3) is 8.13. The molecule has 0 saturated heterocycles. The van der Waals surface area contributed by atoms with E-state index in [0.717, 1.165) is 35.9 Å². The summed E-state index contributed by atoms with van der Waals surface area (Å²) in [7, 11) is -3.19. The van der Waals surface area contributed by atoms with Gasteiger partial charge in [0.15, 0.2) is 30.0 Å². The number of pyridine rings is 1. The third-order valence-electron chi connectivity index (χ3n) is 8.18. The summed E-state index contributed by atoms with van der Waals surface area (Å²) in [5.74, 6) is -26.4. The van der Waals surface area contributed by atoms with Gasteiger partial charge < -0.3 is 15.2 Å². The summed E-state index contributed by atoms with van der Waals surface area (Å²) in [6.45, 7) is -1.95. The summed E-state index contributed by atoms with van der Waals surface area (Å²) >= 11 is 6.46. The molecule has 0 spiro atoms. The number of nitrogens with two attached hydrogens (primary N) is 1. The Morgan fingerprint density at radius 2 is 1.56 bits per heavy atom. The smallest absolute Gasteiger partial charge is 0.460 e. The van der Waals surface area contributed by atoms with Crippen molar-refractivity contribution >= 4 is 61.4 Å². The average molecular weight is 894 g/mol. The number of rotatable bonds is 12. The van der Waals surface area contributed by atoms with E-state index in [0.29, 0.717) is 29.0 Å². The van der Waals surface area contributed by atoms with E-state index in [1.807, 2.05) is 0 Å². The van der Waals surface area contributed by atoms with Gasteiger partial charge in [-0.3, -0.25) is 18.8 Å². The van der Waals surface area contributed by atoms with E-state index in [2.05, 4.69) is 19.8 Å². The van der Waals surface area contributed by atoms with Crippen LogP contribution in [0.3, 0.4) is 0 Å². The number of carbonyl (C=O) groups is 2. The van der Waals surface area contributed by atoms with Crippen molar-refractivity contribution < 1.29 is 75.8 Å². The number of hydrogen-bond donors (Lipinski definition) is 1. The van der Waals surface area contributed by atoms with Crippen LogP contribution in [0.4, 0.5) is 58.9 Å². The lowest BCUT2D eigenvalue weighted by atomic mass is 10.0. The van der Waals surface area contributed by atoms with Crippen LogP contribution in [0.25, 0.3) is 27.6 Å². The van der Waals surface area contributed by atoms with Gasteiger partial charge in [0, 0.05) is 32.5 Å². The number of fused-ring (bicyclic) bond motifs is 2. The molecule has 5 rings (SSSR count). The standard InChI is InChI=1S/C32H23ClF11N7O7S/c1-13(52)51(59(3,55)56)26-22-18(33)5-6-19(23(22)49(2)48-26)50-25(20(58-28(45)54)10-14-8-15(34)11-16(35)9-14)47-24-17(27(50)53)4-7-21(46-24)57-12-29(36,37)30(38,39)31(40,41)32(42,43)44/h4-9,11,20H,10,12H2,1-3H3,(H2,45,54). The molecule has 14 nitrogen and oxygen atoms in total. The number of halogens is 12. The molecule has 27 heteroatoms. The van der Waals surface area contributed by atoms with Gasteiger partial charge in [0.2, 0.25) is 21.8 Å². The lowest BCUT2D eigenvalue weighted by molar-refractivity contribution is -0.398. The number of nitrogens with zero attached hydrogens (tertiary/aromatic N) is 6. The highest BCUT2D eigenvalue weighted by molar-refractivity contribution is 7.92. The van der Waals surface area contributed by atoms with Crippen LogP contribution < -0.4 is 20.3 Å². The molecule has 2 amide bonds. The summed E-state index contributed by atoms with van der Waals surface area (Å²) in [5, 5.41) is 2.96. The number of aromatic nitrogens is 5. The zero-order valence-corrected chi connectivity index (χ0v) is 31.2. The van der Waals surface area contributed by atoms with Crippen LogP contribution in [0.5, 0.6) is 5.88 Å². The van der Waals surface area contributed by atoms with Gasteiger partial charge in [-0.1, -0.05) is 11.6 Å². The molecule has 0 fully saturated rings. The quantitative estimate of drug-likeness (QED) is 0.143. The van der Waals surface area contributed by atoms with Crippen molar-refractivity contribution in [3.8, 4) is 11.6 Å². The summed E-state index contributed by atoms with van der Waals surface area (Å²) < 4.78 is 187. The molecule has 3 heterocycles. The zero-order chi connectivity index (χ0) is 44.4. The van der Waals surface area contributed by atoms with E-state index in [1.165, 1.54) is 7.05 Å². The molecule has 0 aliphatic heterocycles. The van der Waals surface area contributed by atoms with Crippen LogP contribution in [-0.4, -0.2) is 81.5 Å². The number of benzene rings is 2. The first-order valence-corrected chi connectivity index (χ1v) is 18.1. The summed E-state index contributed by atoms with van der Waals surface area (Å²) in [6, 6.07) is 5.48. The highest BCUT2D eigenvalue weighted by Crippen LogP contribution is 2.53. The van der Waals surface area contributed by atoms with Crippen LogP contribution in [0.15, 0.2) is 47.3 Å². The summed E-state index contributed by atoms with van der Waals surface area (Å²) in [5.41, 5.74) is 2.32. The fraction of sp³-hybridized carbons (Fsp3) is 0.312. The van der Waals surface area contributed by atoms with Crippen molar-refractivity contribution in [1.29, 1.82) is 0 Å². The number of hydrogen-bond acceptors (Lipinski definition) is 10. The third-order valence-corrected chi connectivity index (χ3v) is 9.59. The van der Waals surface area contributed by atoms with Crippen molar-refractivity contribution in [1.82, 2.24) is 24.3 Å². The van der Waals surface area contributed by atoms with Crippen LogP contribution in [0.1, 0.15) is 24.4 Å². The number of primary amides is 1. The number of amides is 2. The number of ether oxygens (including phenoxy) is 2. The van der Waals surface area contributed by atoms with Gasteiger partial charge in [0.1, 0.15) is 11.6 Å². The Morgan fingerprint density at radius 3 is 2.10 bits per heavy atom. The maximum atomic E-state index is 14.4. The number of anilines is 1. The Hall–Kier alpha value is -5.79. The average Bonchev–Trinajstić information content (AvgIpc) is 3.42. The van der Waals surface area contributed by atoms with Gasteiger partial charge in [-0.25, -0.2) is 27.0 Å². The topological polar surface area (TPSA) is 182 Å². The lowest BCUT2D eigenvalue weighted by Crippen LogP contribution is -2.62. The van der Waals surface area contributed by atoms with Crippen LogP contribution in [0.2, 0.25) is 5.02 Å². The minimum atomic E-state index is -7.23. The second kappa shape index (κ2) is 15.1. The van der Waals surface area contributed by atoms with Crippen molar-refractivity contribution in [3.63, 3.8) is 0 Å². The summed E-state index contributed by atoms with van der Waals surface area (Å²) in [6.07, 6.45) is -10.8. The molecule has 3 aromatic heterocycles. The van der Waals surface area contributed by atoms with Crippen molar-refractivity contribution in [2.24, 2.45) is 12.8 Å². The minimum absolute atomic E-state index is 0.228. The first kappa shape index (κ1) is 44.3. The molecule has 2 aromatic carbocycles. The normalized spacial score (nSPS) is 13.5. The van der Waals surface area contributed by atoms with E-state index >= 15 is 0 Å². The highest BCUT2D eigenvalue weighted by Gasteiger charge is 2.82. The van der Waals surface area contributed by atoms with Gasteiger partial charge in [-0.2, -0.15) is 53.9 Å². The Balaban J connectivity index is 1.79. The van der Waals surface area contributed by atoms with E-state index < -0.39 is 111 Å². The molecule has 0 radical (unpaired) electrons. The van der Waals surface area contributed by atoms with E-state index in [9.17, 15) is 71.1 Å². The van der Waals surface area contributed by atoms with Crippen molar-refractivity contribution in [3.05, 3.63) is 80.9 Å². The first-order valence-electron chi connectivity index (χ1n) is 15.8. The predicted molar refractivity (Wildman–Crippen MR) is 182 cm³/mol. The minimum Gasteiger partial charge on any atom is -0.471 e. The van der Waals surface area contributed by atoms with E-state index in [1.54, 1.807) is 0 Å². The Bertz CT molecular complexity index is 2670. The molecular formula is C32H23ClF11N7O7S. The second-order valence-electron chi connectivity index (χ2n) is 12.5. The molecule has 5 aromatic rings. The molecule has 0 bridgehead atoms. The maximum Gasteiger partial charge on any atom is 0.460 e. The van der Waals surface area contributed by atoms with E-state index in [-0.39, 0.29) is 31.5 Å². The van der Waals surface area contributed by atoms with Gasteiger partial charge in [-0.15, -0.1) is 0 Å². The second-order valence-corrected chi connectivity index (χ2v) is 14.7. The first-order chi connectivity index (χ1) is 27.0. The zero-order valence-electron chi connectivity index (χ0n) is 29.6. The fourth-order valence-electron chi connectivity index (χ4n) is 5.73. The number of sulfonamides is 1. The summed E-state index contributed by atoms with van der Waals surface area (Å²) in [4.78, 5) is 46.9. The monoisotopic (exact) mass is 893 g/mol. The van der Waals surface area contributed by atoms with Gasteiger partial charge in [0.05, 0.1) is 33.3 Å². The Morgan fingerprint density at radius 1 is 0.949 bits per heavy atom. The lowest BCUT2D eigenvalue weighted by Gasteiger charge is -2.33. The number of carbonyl (C=O) groups excluding carboxylic acids is 2. The maximum absolute atomic E-state index is 14.4. The predicted octanol–water partition coefficient (Wildman–Crippen LogP) is 6.14. The fourth-order valence-corrected chi connectivity index (χ4v) is 6.87. The number of alkyl halides is 9. The molecule has 2 N–H and O–H groups in total. The Labute approximate surface area is 326 Å². The highest BCUT2D eigenvalue weighted by atomic mass is 35.5. The molecule has 59 heavy (non-hydrogen) atoms. The van der Waals surface area contributed by atoms with Crippen LogP contribution in [-0.2, 0) is 33.0 Å². The van der Waals surface area contributed by atoms with Gasteiger partial charge in [0.25, 0.3) is 5.56 Å². The van der Waals surface area contributed by atoms with Gasteiger partial charge >= 0.3 is 30.0 Å². The number of aryl methyl sites for hydroxylation is 1. The molecular weight excluding hydrogens is 871 g/mol. The molecule has 0 saturated carbocycles. The van der Waals surface area contributed by atoms with Crippen LogP contribution >= 0.6 is 11.6 Å². The molecule has 318 valence electrons. The largest absolute Gasteiger partial charge is 0.471 e. The van der Waals surface area contributed by atoms with E-state index in [4.69, 9.17) is 22.1 Å². The van der Waals surface area contributed by atoms with Crippen LogP contribution in [0, 0.1) is 11.6 Å². The molecule has 1 atom stereocenters. The Kier molecular flexibility index (Phi) is 11.3. The molecule has 0 aliphatic carbocycles. The molecule has 0 aliphatic rings. The van der Waals surface area contributed by atoms with Crippen molar-refractivity contribution in [2.75, 3.05) is 17.2 Å². The van der Waals surface area contributed by atoms with Gasteiger partial charge in [-0.05, 0) is 35.9 Å². The molecule has 1 unspecified atom stereocenters.